The molecule has 186 valence electrons. The van der Waals surface area contributed by atoms with E-state index in [1.807, 2.05) is 37.3 Å². The number of benzene rings is 3. The van der Waals surface area contributed by atoms with Crippen molar-refractivity contribution in [3.05, 3.63) is 89.7 Å². The number of hydrogen-bond acceptors (Lipinski definition) is 5. The monoisotopic (exact) mass is 493 g/mol. The van der Waals surface area contributed by atoms with Gasteiger partial charge >= 0.3 is 0 Å². The standard InChI is InChI=1S/C30H27N3O4/c1-18-10-11-22(19(2)12-18)25-17-37-27-15-26(36-4)23(14-24(25)27)20(3)13-29(34)31-28-16-30(35)33(32-28)21-8-6-5-7-9-21/h5-15,17H,16H2,1-4H3,(H,31,32,34)/b20-13+. The van der Waals surface area contributed by atoms with Crippen molar-refractivity contribution in [3.63, 3.8) is 0 Å². The maximum Gasteiger partial charge on any atom is 0.255 e. The van der Waals surface area contributed by atoms with Crippen molar-refractivity contribution < 1.29 is 18.7 Å². The Balaban J connectivity index is 1.43. The molecule has 0 fully saturated rings. The zero-order chi connectivity index (χ0) is 26.1. The number of para-hydroxylation sites is 1. The minimum Gasteiger partial charge on any atom is -0.496 e. The third-order valence-electron chi connectivity index (χ3n) is 6.38. The molecule has 37 heavy (non-hydrogen) atoms. The first-order valence-corrected chi connectivity index (χ1v) is 12.0. The molecule has 0 unspecified atom stereocenters. The second-order valence-electron chi connectivity index (χ2n) is 9.10. The second kappa shape index (κ2) is 9.78. The van der Waals surface area contributed by atoms with Gasteiger partial charge in [0, 0.05) is 28.7 Å². The van der Waals surface area contributed by atoms with Gasteiger partial charge in [-0.3, -0.25) is 9.59 Å². The number of ether oxygens (including phenoxy) is 1. The van der Waals surface area contributed by atoms with Crippen molar-refractivity contribution in [1.82, 2.24) is 5.32 Å². The number of nitrogens with zero attached hydrogens (tertiary/aromatic N) is 2. The number of aryl methyl sites for hydroxylation is 2. The lowest BCUT2D eigenvalue weighted by Gasteiger charge is -2.11. The van der Waals surface area contributed by atoms with Gasteiger partial charge in [0.05, 0.1) is 25.5 Å². The molecule has 3 aromatic carbocycles. The number of carbonyl (C=O) groups is 2. The molecule has 0 atom stereocenters. The van der Waals surface area contributed by atoms with E-state index < -0.39 is 0 Å². The van der Waals surface area contributed by atoms with E-state index in [1.54, 1.807) is 25.5 Å². The van der Waals surface area contributed by atoms with Crippen LogP contribution < -0.4 is 15.1 Å². The molecule has 7 nitrogen and oxygen atoms in total. The Hall–Kier alpha value is -4.65. The molecule has 5 rings (SSSR count). The zero-order valence-electron chi connectivity index (χ0n) is 21.2. The number of furan rings is 1. The van der Waals surface area contributed by atoms with E-state index in [2.05, 4.69) is 42.5 Å². The van der Waals surface area contributed by atoms with Crippen LogP contribution in [0.15, 0.2) is 82.5 Å². The summed E-state index contributed by atoms with van der Waals surface area (Å²) >= 11 is 0. The minimum absolute atomic E-state index is 0.0249. The van der Waals surface area contributed by atoms with Gasteiger partial charge in [0.15, 0.2) is 0 Å². The quantitative estimate of drug-likeness (QED) is 0.346. The maximum atomic E-state index is 12.9. The van der Waals surface area contributed by atoms with Crippen molar-refractivity contribution in [3.8, 4) is 16.9 Å². The summed E-state index contributed by atoms with van der Waals surface area (Å²) in [6.45, 7) is 5.99. The van der Waals surface area contributed by atoms with Crippen molar-refractivity contribution in [2.24, 2.45) is 5.10 Å². The molecule has 2 amide bonds. The van der Waals surface area contributed by atoms with E-state index in [0.717, 1.165) is 27.6 Å². The van der Waals surface area contributed by atoms with Crippen LogP contribution in [-0.2, 0) is 9.59 Å². The molecule has 0 bridgehead atoms. The number of anilines is 1. The smallest absolute Gasteiger partial charge is 0.255 e. The Kier molecular flexibility index (Phi) is 6.36. The first-order valence-electron chi connectivity index (χ1n) is 12.0. The molecular formula is C30H27N3O4. The van der Waals surface area contributed by atoms with Crippen molar-refractivity contribution in [2.45, 2.75) is 27.2 Å². The molecule has 0 saturated heterocycles. The SMILES string of the molecule is COc1cc2occ(-c3ccc(C)cc3C)c2cc1/C(C)=C/C(=O)NC1=NN(c2ccccc2)C(=O)C1. The Morgan fingerprint density at radius 3 is 2.59 bits per heavy atom. The molecule has 0 aliphatic carbocycles. The normalized spacial score (nSPS) is 13.7. The molecule has 0 saturated carbocycles. The minimum atomic E-state index is -0.372. The summed E-state index contributed by atoms with van der Waals surface area (Å²) in [6, 6.07) is 19.2. The Morgan fingerprint density at radius 1 is 1.08 bits per heavy atom. The molecule has 1 aliphatic heterocycles. The van der Waals surface area contributed by atoms with Gasteiger partial charge in [-0.1, -0.05) is 42.0 Å². The molecule has 0 spiro atoms. The van der Waals surface area contributed by atoms with Crippen LogP contribution in [0.2, 0.25) is 0 Å². The number of hydrogen-bond donors (Lipinski definition) is 1. The molecule has 0 radical (unpaired) electrons. The number of rotatable bonds is 5. The number of amidine groups is 1. The highest BCUT2D eigenvalue weighted by atomic mass is 16.5. The Bertz CT molecular complexity index is 1580. The summed E-state index contributed by atoms with van der Waals surface area (Å²) in [5.41, 5.74) is 7.25. The van der Waals surface area contributed by atoms with Crippen LogP contribution >= 0.6 is 0 Å². The van der Waals surface area contributed by atoms with Crippen LogP contribution in [-0.4, -0.2) is 24.8 Å². The highest BCUT2D eigenvalue weighted by Crippen LogP contribution is 2.38. The lowest BCUT2D eigenvalue weighted by atomic mass is 9.96. The van der Waals surface area contributed by atoms with Gasteiger partial charge in [0.25, 0.3) is 5.91 Å². The summed E-state index contributed by atoms with van der Waals surface area (Å²) in [5.74, 6) is 0.326. The third-order valence-corrected chi connectivity index (χ3v) is 6.38. The van der Waals surface area contributed by atoms with E-state index in [4.69, 9.17) is 9.15 Å². The number of fused-ring (bicyclic) bond motifs is 1. The fourth-order valence-electron chi connectivity index (χ4n) is 4.58. The van der Waals surface area contributed by atoms with Gasteiger partial charge in [-0.2, -0.15) is 10.1 Å². The third kappa shape index (κ3) is 4.76. The molecule has 1 aromatic heterocycles. The number of hydrazone groups is 1. The molecule has 4 aromatic rings. The number of methoxy groups -OCH3 is 1. The maximum absolute atomic E-state index is 12.9. The highest BCUT2D eigenvalue weighted by Gasteiger charge is 2.26. The van der Waals surface area contributed by atoms with Crippen LogP contribution in [0.3, 0.4) is 0 Å². The van der Waals surface area contributed by atoms with E-state index >= 15 is 0 Å². The number of nitrogens with one attached hydrogen (secondary N) is 1. The average molecular weight is 494 g/mol. The van der Waals surface area contributed by atoms with Gasteiger partial charge in [-0.15, -0.1) is 0 Å². The summed E-state index contributed by atoms with van der Waals surface area (Å²) in [4.78, 5) is 25.3. The van der Waals surface area contributed by atoms with Crippen LogP contribution in [0.1, 0.15) is 30.0 Å². The van der Waals surface area contributed by atoms with E-state index in [1.165, 1.54) is 16.6 Å². The van der Waals surface area contributed by atoms with Crippen molar-refractivity contribution >= 4 is 39.9 Å². The van der Waals surface area contributed by atoms with Gasteiger partial charge < -0.3 is 14.5 Å². The summed E-state index contributed by atoms with van der Waals surface area (Å²) in [5, 5.41) is 9.26. The van der Waals surface area contributed by atoms with Gasteiger partial charge in [0.2, 0.25) is 5.91 Å². The lowest BCUT2D eigenvalue weighted by molar-refractivity contribution is -0.116. The Morgan fingerprint density at radius 2 is 1.86 bits per heavy atom. The highest BCUT2D eigenvalue weighted by molar-refractivity contribution is 6.17. The van der Waals surface area contributed by atoms with E-state index in [0.29, 0.717) is 28.4 Å². The largest absolute Gasteiger partial charge is 0.496 e. The predicted octanol–water partition coefficient (Wildman–Crippen LogP) is 6.00. The summed E-state index contributed by atoms with van der Waals surface area (Å²) < 4.78 is 11.5. The van der Waals surface area contributed by atoms with Crippen LogP contribution in [0.5, 0.6) is 5.75 Å². The molecule has 1 aliphatic rings. The van der Waals surface area contributed by atoms with Crippen LogP contribution in [0, 0.1) is 13.8 Å². The first-order chi connectivity index (χ1) is 17.8. The van der Waals surface area contributed by atoms with E-state index in [-0.39, 0.29) is 18.2 Å². The first kappa shape index (κ1) is 24.1. The van der Waals surface area contributed by atoms with Crippen LogP contribution in [0.25, 0.3) is 27.7 Å². The fourth-order valence-corrected chi connectivity index (χ4v) is 4.58. The second-order valence-corrected chi connectivity index (χ2v) is 9.10. The molecule has 1 N–H and O–H groups in total. The predicted molar refractivity (Wildman–Crippen MR) is 145 cm³/mol. The summed E-state index contributed by atoms with van der Waals surface area (Å²) in [6.07, 6.45) is 3.26. The average Bonchev–Trinajstić information content (AvgIpc) is 3.46. The number of allylic oxidation sites excluding steroid dienone is 1. The summed E-state index contributed by atoms with van der Waals surface area (Å²) in [7, 11) is 1.59. The molecule has 7 heteroatoms. The van der Waals surface area contributed by atoms with Gasteiger partial charge in [-0.25, -0.2) is 0 Å². The van der Waals surface area contributed by atoms with Crippen molar-refractivity contribution in [2.75, 3.05) is 12.1 Å². The van der Waals surface area contributed by atoms with Crippen LogP contribution in [0.4, 0.5) is 5.69 Å². The molecule has 2 heterocycles. The fraction of sp³-hybridized carbons (Fsp3) is 0.167. The van der Waals surface area contributed by atoms with Gasteiger partial charge in [0.1, 0.15) is 17.2 Å². The number of amides is 2. The van der Waals surface area contributed by atoms with Crippen molar-refractivity contribution in [1.29, 1.82) is 0 Å². The van der Waals surface area contributed by atoms with Gasteiger partial charge in [-0.05, 0) is 55.7 Å². The molecular weight excluding hydrogens is 466 g/mol. The lowest BCUT2D eigenvalue weighted by Crippen LogP contribution is -2.28. The topological polar surface area (TPSA) is 84.1 Å². The van der Waals surface area contributed by atoms with E-state index in [9.17, 15) is 9.59 Å². The zero-order valence-corrected chi connectivity index (χ0v) is 21.2. The Labute approximate surface area is 215 Å². The number of carbonyl (C=O) groups excluding carboxylic acids is 2.